The molecule has 0 aromatic heterocycles. The van der Waals surface area contributed by atoms with Crippen molar-refractivity contribution in [2.24, 2.45) is 22.7 Å². The van der Waals surface area contributed by atoms with Crippen LogP contribution in [0.3, 0.4) is 0 Å². The molecule has 0 N–H and O–H groups in total. The molecule has 29 heavy (non-hydrogen) atoms. The summed E-state index contributed by atoms with van der Waals surface area (Å²) in [6, 6.07) is 0. The van der Waals surface area contributed by atoms with E-state index in [1.54, 1.807) is 6.08 Å². The molecule has 3 aliphatic rings. The van der Waals surface area contributed by atoms with Gasteiger partial charge < -0.3 is 9.47 Å². The van der Waals surface area contributed by atoms with Crippen LogP contribution in [-0.2, 0) is 19.1 Å². The smallest absolute Gasteiger partial charge is 0.333 e. The number of esters is 2. The van der Waals surface area contributed by atoms with Gasteiger partial charge in [-0.05, 0) is 75.7 Å². The van der Waals surface area contributed by atoms with Crippen molar-refractivity contribution in [1.82, 2.24) is 0 Å². The standard InChI is InChI=1S/C25H36O4/c1-7-16(2)23(27)29-21-13-18(4)24(5,12-11-19-14-22(26)28-15-19)20-10-8-9-17(3)25(20,21)6/h7,9,14,18,20-21H,8,10-13,15H2,1-6H3/b16-7+/t18-,20-,21-,24-,25+/m1/s1. The van der Waals surface area contributed by atoms with Gasteiger partial charge in [-0.2, -0.15) is 0 Å². The van der Waals surface area contributed by atoms with Crippen molar-refractivity contribution in [3.63, 3.8) is 0 Å². The number of hydrogen-bond donors (Lipinski definition) is 0. The number of carbonyl (C=O) groups excluding carboxylic acids is 2. The summed E-state index contributed by atoms with van der Waals surface area (Å²) in [5, 5.41) is 0. The normalized spacial score (nSPS) is 37.4. The van der Waals surface area contributed by atoms with E-state index in [0.29, 0.717) is 24.0 Å². The van der Waals surface area contributed by atoms with Crippen LogP contribution in [0, 0.1) is 22.7 Å². The number of ether oxygens (including phenoxy) is 2. The molecule has 4 heteroatoms. The minimum absolute atomic E-state index is 0.106. The Hall–Kier alpha value is -1.84. The molecule has 1 heterocycles. The molecule has 0 aromatic rings. The maximum atomic E-state index is 12.6. The van der Waals surface area contributed by atoms with Crippen LogP contribution in [0.5, 0.6) is 0 Å². The molecule has 0 radical (unpaired) electrons. The van der Waals surface area contributed by atoms with Gasteiger partial charge in [-0.15, -0.1) is 0 Å². The van der Waals surface area contributed by atoms with Crippen LogP contribution in [-0.4, -0.2) is 24.6 Å². The summed E-state index contributed by atoms with van der Waals surface area (Å²) < 4.78 is 11.2. The average Bonchev–Trinajstić information content (AvgIpc) is 3.11. The first-order valence-corrected chi connectivity index (χ1v) is 11.0. The van der Waals surface area contributed by atoms with Crippen molar-refractivity contribution in [3.8, 4) is 0 Å². The zero-order valence-electron chi connectivity index (χ0n) is 18.8. The first kappa shape index (κ1) is 21.9. The second kappa shape index (κ2) is 8.12. The van der Waals surface area contributed by atoms with E-state index in [9.17, 15) is 9.59 Å². The van der Waals surface area contributed by atoms with Gasteiger partial charge in [0.1, 0.15) is 12.7 Å². The number of rotatable bonds is 5. The van der Waals surface area contributed by atoms with Crippen LogP contribution in [0.15, 0.2) is 34.9 Å². The van der Waals surface area contributed by atoms with Gasteiger partial charge >= 0.3 is 11.9 Å². The molecule has 1 saturated carbocycles. The van der Waals surface area contributed by atoms with Gasteiger partial charge in [0.05, 0.1) is 0 Å². The summed E-state index contributed by atoms with van der Waals surface area (Å²) in [4.78, 5) is 24.0. The summed E-state index contributed by atoms with van der Waals surface area (Å²) >= 11 is 0. The molecule has 5 atom stereocenters. The van der Waals surface area contributed by atoms with Crippen molar-refractivity contribution in [1.29, 1.82) is 0 Å². The highest BCUT2D eigenvalue weighted by atomic mass is 16.5. The second-order valence-corrected chi connectivity index (χ2v) is 9.72. The molecule has 1 aliphatic heterocycles. The Kier molecular flexibility index (Phi) is 6.12. The molecule has 0 saturated heterocycles. The lowest BCUT2D eigenvalue weighted by molar-refractivity contribution is -0.172. The van der Waals surface area contributed by atoms with Gasteiger partial charge in [0.15, 0.2) is 0 Å². The quantitative estimate of drug-likeness (QED) is 0.345. The lowest BCUT2D eigenvalue weighted by Gasteiger charge is -2.60. The van der Waals surface area contributed by atoms with E-state index in [1.807, 2.05) is 19.9 Å². The molecular formula is C25H36O4. The largest absolute Gasteiger partial charge is 0.458 e. The van der Waals surface area contributed by atoms with Crippen LogP contribution in [0.25, 0.3) is 0 Å². The third-order valence-electron chi connectivity index (χ3n) is 8.35. The maximum absolute atomic E-state index is 12.6. The fourth-order valence-corrected chi connectivity index (χ4v) is 5.85. The molecular weight excluding hydrogens is 364 g/mol. The minimum atomic E-state index is -0.213. The third-order valence-corrected chi connectivity index (χ3v) is 8.35. The molecule has 3 rings (SSSR count). The first-order valence-electron chi connectivity index (χ1n) is 11.0. The fourth-order valence-electron chi connectivity index (χ4n) is 5.85. The number of allylic oxidation sites excluding steroid dienone is 2. The van der Waals surface area contributed by atoms with E-state index in [2.05, 4.69) is 33.8 Å². The van der Waals surface area contributed by atoms with Gasteiger partial charge in [0, 0.05) is 17.1 Å². The predicted octanol–water partition coefficient (Wildman–Crippen LogP) is 5.54. The Morgan fingerprint density at radius 2 is 2.10 bits per heavy atom. The monoisotopic (exact) mass is 400 g/mol. The summed E-state index contributed by atoms with van der Waals surface area (Å²) in [6.45, 7) is 13.4. The van der Waals surface area contributed by atoms with Crippen molar-refractivity contribution in [3.05, 3.63) is 34.9 Å². The SMILES string of the molecule is C/C=C(\C)C(=O)O[C@@H]1C[C@@H](C)[C@@](C)(CCC2=CC(=O)OC2)[C@H]2CCC=C(C)[C@@]21C. The number of hydrogen-bond acceptors (Lipinski definition) is 4. The highest BCUT2D eigenvalue weighted by Crippen LogP contribution is 2.62. The van der Waals surface area contributed by atoms with Crippen LogP contribution >= 0.6 is 0 Å². The molecule has 160 valence electrons. The van der Waals surface area contributed by atoms with Crippen LogP contribution < -0.4 is 0 Å². The number of carbonyl (C=O) groups is 2. The van der Waals surface area contributed by atoms with Gasteiger partial charge in [0.2, 0.25) is 0 Å². The Bertz CT molecular complexity index is 774. The average molecular weight is 401 g/mol. The molecule has 0 unspecified atom stereocenters. The summed E-state index contributed by atoms with van der Waals surface area (Å²) in [5.41, 5.74) is 3.09. The maximum Gasteiger partial charge on any atom is 0.333 e. The fraction of sp³-hybridized carbons (Fsp3) is 0.680. The topological polar surface area (TPSA) is 52.6 Å². The molecule has 0 amide bonds. The minimum Gasteiger partial charge on any atom is -0.458 e. The van der Waals surface area contributed by atoms with Crippen LogP contribution in [0.4, 0.5) is 0 Å². The van der Waals surface area contributed by atoms with E-state index >= 15 is 0 Å². The second-order valence-electron chi connectivity index (χ2n) is 9.72. The van der Waals surface area contributed by atoms with E-state index < -0.39 is 0 Å². The molecule has 1 fully saturated rings. The molecule has 2 aliphatic carbocycles. The summed E-state index contributed by atoms with van der Waals surface area (Å²) in [6.07, 6.45) is 10.7. The van der Waals surface area contributed by atoms with E-state index in [1.165, 1.54) is 5.57 Å². The first-order chi connectivity index (χ1) is 13.6. The third kappa shape index (κ3) is 3.83. The zero-order chi connectivity index (χ0) is 21.4. The lowest BCUT2D eigenvalue weighted by Crippen LogP contribution is -2.57. The Balaban J connectivity index is 1.89. The number of cyclic esters (lactones) is 1. The van der Waals surface area contributed by atoms with Crippen molar-refractivity contribution in [2.75, 3.05) is 6.61 Å². The van der Waals surface area contributed by atoms with Crippen molar-refractivity contribution < 1.29 is 19.1 Å². The van der Waals surface area contributed by atoms with Crippen LogP contribution in [0.2, 0.25) is 0 Å². The lowest BCUT2D eigenvalue weighted by atomic mass is 9.46. The zero-order valence-corrected chi connectivity index (χ0v) is 18.8. The van der Waals surface area contributed by atoms with Crippen molar-refractivity contribution in [2.45, 2.75) is 79.8 Å². The summed E-state index contributed by atoms with van der Waals surface area (Å²) in [7, 11) is 0. The van der Waals surface area contributed by atoms with Crippen LogP contribution in [0.1, 0.15) is 73.6 Å². The highest BCUT2D eigenvalue weighted by Gasteiger charge is 2.58. The molecule has 0 aromatic carbocycles. The van der Waals surface area contributed by atoms with E-state index in [-0.39, 0.29) is 28.9 Å². The van der Waals surface area contributed by atoms with Gasteiger partial charge in [-0.3, -0.25) is 0 Å². The van der Waals surface area contributed by atoms with E-state index in [4.69, 9.17) is 9.47 Å². The highest BCUT2D eigenvalue weighted by molar-refractivity contribution is 5.87. The van der Waals surface area contributed by atoms with E-state index in [0.717, 1.165) is 37.7 Å². The molecule has 4 nitrogen and oxygen atoms in total. The van der Waals surface area contributed by atoms with Gasteiger partial charge in [-0.1, -0.05) is 38.5 Å². The Morgan fingerprint density at radius 1 is 1.38 bits per heavy atom. The Labute approximate surface area is 175 Å². The number of fused-ring (bicyclic) bond motifs is 1. The van der Waals surface area contributed by atoms with Gasteiger partial charge in [0.25, 0.3) is 0 Å². The Morgan fingerprint density at radius 3 is 2.72 bits per heavy atom. The molecule has 0 spiro atoms. The van der Waals surface area contributed by atoms with Gasteiger partial charge in [-0.25, -0.2) is 9.59 Å². The predicted molar refractivity (Wildman–Crippen MR) is 114 cm³/mol. The van der Waals surface area contributed by atoms with Crippen molar-refractivity contribution >= 4 is 11.9 Å². The molecule has 0 bridgehead atoms. The summed E-state index contributed by atoms with van der Waals surface area (Å²) in [5.74, 6) is 0.452.